The van der Waals surface area contributed by atoms with E-state index >= 15 is 0 Å². The highest BCUT2D eigenvalue weighted by Gasteiger charge is 2.21. The Morgan fingerprint density at radius 1 is 1.25 bits per heavy atom. The van der Waals surface area contributed by atoms with E-state index in [0.717, 1.165) is 17.0 Å². The number of nitrogens with zero attached hydrogens (tertiary/aromatic N) is 1. The third-order valence-electron chi connectivity index (χ3n) is 4.89. The maximum absolute atomic E-state index is 12.6. The molecule has 1 aliphatic rings. The summed E-state index contributed by atoms with van der Waals surface area (Å²) in [6, 6.07) is 8.67. The number of anilines is 1. The van der Waals surface area contributed by atoms with Crippen molar-refractivity contribution >= 4 is 57.8 Å². The van der Waals surface area contributed by atoms with Crippen molar-refractivity contribution in [2.45, 2.75) is 50.3 Å². The molecule has 0 bridgehead atoms. The molecular formula is C23H24Cl2N2O4S. The van der Waals surface area contributed by atoms with Crippen molar-refractivity contribution in [3.63, 3.8) is 0 Å². The van der Waals surface area contributed by atoms with Gasteiger partial charge in [0.25, 0.3) is 0 Å². The van der Waals surface area contributed by atoms with E-state index < -0.39 is 11.0 Å². The van der Waals surface area contributed by atoms with Gasteiger partial charge in [-0.15, -0.1) is 0 Å². The quantitative estimate of drug-likeness (QED) is 0.256. The minimum atomic E-state index is -1.75. The summed E-state index contributed by atoms with van der Waals surface area (Å²) >= 11 is 12.2. The van der Waals surface area contributed by atoms with Crippen LogP contribution in [0.25, 0.3) is 0 Å². The fraction of sp³-hybridized carbons (Fsp3) is 0.348. The normalized spacial score (nSPS) is 14.2. The van der Waals surface area contributed by atoms with Gasteiger partial charge in [0, 0.05) is 24.7 Å². The van der Waals surface area contributed by atoms with E-state index in [4.69, 9.17) is 27.9 Å². The second-order valence-corrected chi connectivity index (χ2v) is 9.24. The maximum Gasteiger partial charge on any atom is 0.224 e. The van der Waals surface area contributed by atoms with Gasteiger partial charge in [-0.2, -0.15) is 4.40 Å². The Labute approximate surface area is 199 Å². The lowest BCUT2D eigenvalue weighted by Crippen LogP contribution is -2.18. The molecule has 1 heterocycles. The van der Waals surface area contributed by atoms with Crippen LogP contribution in [0.2, 0.25) is 10.0 Å². The largest absolute Gasteiger partial charge is 0.494 e. The van der Waals surface area contributed by atoms with Crippen LogP contribution in [0.3, 0.4) is 0 Å². The number of benzene rings is 2. The summed E-state index contributed by atoms with van der Waals surface area (Å²) in [6.07, 6.45) is 4.93. The molecule has 2 aromatic rings. The van der Waals surface area contributed by atoms with Crippen LogP contribution in [0.1, 0.15) is 54.9 Å². The van der Waals surface area contributed by atoms with Crippen molar-refractivity contribution in [3.8, 4) is 5.75 Å². The lowest BCUT2D eigenvalue weighted by Gasteiger charge is -2.17. The zero-order valence-electron chi connectivity index (χ0n) is 17.7. The Morgan fingerprint density at radius 3 is 2.84 bits per heavy atom. The predicted octanol–water partition coefficient (Wildman–Crippen LogP) is 5.81. The fourth-order valence-electron chi connectivity index (χ4n) is 3.28. The highest BCUT2D eigenvalue weighted by Crippen LogP contribution is 2.32. The molecule has 0 fully saturated rings. The first kappa shape index (κ1) is 24.4. The number of hydrogen-bond acceptors (Lipinski definition) is 4. The van der Waals surface area contributed by atoms with E-state index in [2.05, 4.69) is 9.71 Å². The van der Waals surface area contributed by atoms with Gasteiger partial charge < -0.3 is 10.1 Å². The van der Waals surface area contributed by atoms with E-state index in [1.807, 2.05) is 25.1 Å². The van der Waals surface area contributed by atoms with Gasteiger partial charge in [-0.1, -0.05) is 30.1 Å². The van der Waals surface area contributed by atoms with Crippen LogP contribution >= 0.6 is 23.2 Å². The fourth-order valence-corrected chi connectivity index (χ4v) is 4.69. The molecule has 0 aliphatic carbocycles. The van der Waals surface area contributed by atoms with E-state index in [0.29, 0.717) is 45.1 Å². The minimum absolute atomic E-state index is 0.0329. The van der Waals surface area contributed by atoms with Gasteiger partial charge in [0.2, 0.25) is 5.91 Å². The Balaban J connectivity index is 1.53. The van der Waals surface area contributed by atoms with Crippen molar-refractivity contribution in [2.75, 3.05) is 11.9 Å². The first-order chi connectivity index (χ1) is 15.4. The van der Waals surface area contributed by atoms with Crippen molar-refractivity contribution < 1.29 is 18.5 Å². The first-order valence-corrected chi connectivity index (χ1v) is 12.3. The molecule has 1 N–H and O–H groups in total. The summed E-state index contributed by atoms with van der Waals surface area (Å²) < 4.78 is 22.5. The molecule has 3 rings (SSSR count). The smallest absolute Gasteiger partial charge is 0.224 e. The third kappa shape index (κ3) is 6.18. The maximum atomic E-state index is 12.6. The summed E-state index contributed by atoms with van der Waals surface area (Å²) in [5, 5.41) is 3.20. The van der Waals surface area contributed by atoms with E-state index in [-0.39, 0.29) is 32.2 Å². The highest BCUT2D eigenvalue weighted by atomic mass is 35.5. The number of carbonyl (C=O) groups excluding carboxylic acids is 2. The molecule has 0 aromatic heterocycles. The van der Waals surface area contributed by atoms with Crippen LogP contribution in [-0.2, 0) is 22.2 Å². The molecule has 2 aromatic carbocycles. The summed E-state index contributed by atoms with van der Waals surface area (Å²) in [5.41, 5.74) is 2.08. The predicted molar refractivity (Wildman–Crippen MR) is 129 cm³/mol. The van der Waals surface area contributed by atoms with Crippen molar-refractivity contribution in [3.05, 3.63) is 51.5 Å². The van der Waals surface area contributed by atoms with Gasteiger partial charge >= 0.3 is 0 Å². The number of hydrogen-bond donors (Lipinski definition) is 1. The topological polar surface area (TPSA) is 84.8 Å². The number of Topliss-reactive ketones (excluding diaryl/α,β-unsaturated/α-hetero) is 1. The molecule has 32 heavy (non-hydrogen) atoms. The number of ketones is 1. The standard InChI is InChI=1S/C23H24Cl2N2O4S/c1-2-5-19(28)22-20(10-8-17(24)23(22)25)32(30)26-12-3-4-13-31-16-7-9-18-15(14-16)6-11-21(29)27-18/h7-10,12,14H,2-6,11,13H2,1H3,(H,27,29)/b26-12+. The SMILES string of the molecule is CCCC(=O)c1c(S(=O)/N=C/CCCOc2ccc3c(c2)CCC(=O)N3)ccc(Cl)c1Cl. The molecule has 1 aliphatic heterocycles. The number of nitrogens with one attached hydrogen (secondary N) is 1. The number of carbonyl (C=O) groups is 2. The second kappa shape index (κ2) is 11.6. The van der Waals surface area contributed by atoms with Crippen LogP contribution in [0.15, 0.2) is 39.6 Å². The monoisotopic (exact) mass is 494 g/mol. The van der Waals surface area contributed by atoms with Gasteiger partial charge in [0.15, 0.2) is 16.8 Å². The minimum Gasteiger partial charge on any atom is -0.494 e. The Bertz CT molecular complexity index is 1070. The molecule has 1 atom stereocenters. The molecule has 0 saturated heterocycles. The molecule has 0 radical (unpaired) electrons. The average Bonchev–Trinajstić information content (AvgIpc) is 2.77. The molecule has 0 spiro atoms. The Hall–Kier alpha value is -2.22. The number of fused-ring (bicyclic) bond motifs is 1. The van der Waals surface area contributed by atoms with Crippen LogP contribution in [0.5, 0.6) is 5.75 Å². The number of amides is 1. The summed E-state index contributed by atoms with van der Waals surface area (Å²) in [7, 11) is -1.75. The number of rotatable bonds is 10. The average molecular weight is 495 g/mol. The highest BCUT2D eigenvalue weighted by molar-refractivity contribution is 7.84. The van der Waals surface area contributed by atoms with E-state index in [1.54, 1.807) is 6.21 Å². The molecule has 6 nitrogen and oxygen atoms in total. The summed E-state index contributed by atoms with van der Waals surface area (Å²) in [4.78, 5) is 24.1. The van der Waals surface area contributed by atoms with Crippen molar-refractivity contribution in [2.24, 2.45) is 4.40 Å². The van der Waals surface area contributed by atoms with Gasteiger partial charge in [0.05, 0.1) is 27.1 Å². The molecule has 0 saturated carbocycles. The lowest BCUT2D eigenvalue weighted by molar-refractivity contribution is -0.116. The first-order valence-electron chi connectivity index (χ1n) is 10.4. The molecular weight excluding hydrogens is 471 g/mol. The third-order valence-corrected chi connectivity index (χ3v) is 6.75. The summed E-state index contributed by atoms with van der Waals surface area (Å²) in [5.74, 6) is 0.581. The number of aryl methyl sites for hydroxylation is 1. The molecule has 1 unspecified atom stereocenters. The number of unbranched alkanes of at least 4 members (excludes halogenated alkanes) is 1. The van der Waals surface area contributed by atoms with Crippen LogP contribution in [0.4, 0.5) is 5.69 Å². The lowest BCUT2D eigenvalue weighted by atomic mass is 10.0. The van der Waals surface area contributed by atoms with Crippen molar-refractivity contribution in [1.82, 2.24) is 0 Å². The van der Waals surface area contributed by atoms with Gasteiger partial charge in [-0.05, 0) is 61.6 Å². The zero-order valence-corrected chi connectivity index (χ0v) is 20.0. The van der Waals surface area contributed by atoms with Crippen LogP contribution in [0, 0.1) is 0 Å². The Morgan fingerprint density at radius 2 is 2.06 bits per heavy atom. The molecule has 170 valence electrons. The van der Waals surface area contributed by atoms with Gasteiger partial charge in [-0.25, -0.2) is 4.21 Å². The molecule has 1 amide bonds. The Kier molecular flexibility index (Phi) is 8.84. The zero-order chi connectivity index (χ0) is 23.1. The van der Waals surface area contributed by atoms with E-state index in [9.17, 15) is 13.8 Å². The van der Waals surface area contributed by atoms with Gasteiger partial charge in [-0.3, -0.25) is 9.59 Å². The van der Waals surface area contributed by atoms with Gasteiger partial charge in [0.1, 0.15) is 5.75 Å². The molecule has 9 heteroatoms. The van der Waals surface area contributed by atoms with E-state index in [1.165, 1.54) is 12.1 Å². The van der Waals surface area contributed by atoms with Crippen LogP contribution < -0.4 is 10.1 Å². The van der Waals surface area contributed by atoms with Crippen LogP contribution in [-0.4, -0.2) is 28.7 Å². The number of halogens is 2. The number of ether oxygens (including phenoxy) is 1. The summed E-state index contributed by atoms with van der Waals surface area (Å²) in [6.45, 7) is 2.35. The second-order valence-electron chi connectivity index (χ2n) is 7.30. The van der Waals surface area contributed by atoms with Crippen molar-refractivity contribution in [1.29, 1.82) is 0 Å².